The second-order valence-corrected chi connectivity index (χ2v) is 7.09. The Hall–Kier alpha value is -2.01. The fraction of sp³-hybridized carbons (Fsp3) is 0.421. The lowest BCUT2D eigenvalue weighted by molar-refractivity contribution is 0.0684. The van der Waals surface area contributed by atoms with Crippen molar-refractivity contribution in [3.8, 4) is 11.5 Å². The van der Waals surface area contributed by atoms with Crippen molar-refractivity contribution in [2.75, 3.05) is 27.3 Å². The lowest BCUT2D eigenvalue weighted by atomic mass is 9.92. The van der Waals surface area contributed by atoms with E-state index in [0.717, 1.165) is 32.4 Å². The fourth-order valence-corrected chi connectivity index (χ4v) is 4.09. The number of hydrogen-bond donors (Lipinski definition) is 0. The van der Waals surface area contributed by atoms with Crippen LogP contribution >= 0.6 is 11.3 Å². The molecular weight excluding hydrogens is 322 g/mol. The van der Waals surface area contributed by atoms with Crippen LogP contribution in [0.1, 0.15) is 28.1 Å². The SMILES string of the molecule is COc1cccc(OC)c1C(=O)N1CCC(Cc2cccs2)CC1. The average molecular weight is 345 g/mol. The van der Waals surface area contributed by atoms with Gasteiger partial charge in [0, 0.05) is 18.0 Å². The molecule has 1 fully saturated rings. The number of carbonyl (C=O) groups is 1. The Labute approximate surface area is 147 Å². The van der Waals surface area contributed by atoms with Crippen molar-refractivity contribution in [2.24, 2.45) is 5.92 Å². The minimum atomic E-state index is -0.00104. The van der Waals surface area contributed by atoms with Crippen LogP contribution in [0.15, 0.2) is 35.7 Å². The molecule has 1 saturated heterocycles. The highest BCUT2D eigenvalue weighted by Gasteiger charge is 2.28. The molecule has 0 N–H and O–H groups in total. The summed E-state index contributed by atoms with van der Waals surface area (Å²) < 4.78 is 10.7. The van der Waals surface area contributed by atoms with E-state index in [1.54, 1.807) is 26.4 Å². The quantitative estimate of drug-likeness (QED) is 0.826. The summed E-state index contributed by atoms with van der Waals surface area (Å²) in [6.45, 7) is 1.58. The van der Waals surface area contributed by atoms with Crippen molar-refractivity contribution in [3.63, 3.8) is 0 Å². The first-order valence-corrected chi connectivity index (χ1v) is 9.13. The number of ether oxygens (including phenoxy) is 2. The van der Waals surface area contributed by atoms with Crippen LogP contribution in [-0.4, -0.2) is 38.1 Å². The molecular formula is C19H23NO3S. The summed E-state index contributed by atoms with van der Waals surface area (Å²) in [4.78, 5) is 16.3. The molecule has 1 aliphatic heterocycles. The van der Waals surface area contributed by atoms with Gasteiger partial charge in [-0.2, -0.15) is 0 Å². The Morgan fingerprint density at radius 1 is 1.12 bits per heavy atom. The predicted molar refractivity (Wildman–Crippen MR) is 96.2 cm³/mol. The van der Waals surface area contributed by atoms with Crippen LogP contribution in [0, 0.1) is 5.92 Å². The summed E-state index contributed by atoms with van der Waals surface area (Å²) in [5.74, 6) is 1.80. The van der Waals surface area contributed by atoms with E-state index in [1.807, 2.05) is 22.3 Å². The van der Waals surface area contributed by atoms with E-state index in [-0.39, 0.29) is 5.91 Å². The number of piperidine rings is 1. The molecule has 2 aromatic rings. The number of nitrogens with zero attached hydrogens (tertiary/aromatic N) is 1. The van der Waals surface area contributed by atoms with Crippen molar-refractivity contribution in [1.29, 1.82) is 0 Å². The van der Waals surface area contributed by atoms with Gasteiger partial charge in [-0.25, -0.2) is 0 Å². The molecule has 0 aliphatic carbocycles. The number of likely N-dealkylation sites (tertiary alicyclic amines) is 1. The normalized spacial score (nSPS) is 15.3. The maximum Gasteiger partial charge on any atom is 0.261 e. The van der Waals surface area contributed by atoms with Gasteiger partial charge < -0.3 is 14.4 Å². The van der Waals surface area contributed by atoms with Crippen LogP contribution in [0.4, 0.5) is 0 Å². The second kappa shape index (κ2) is 7.71. The van der Waals surface area contributed by atoms with Crippen molar-refractivity contribution < 1.29 is 14.3 Å². The van der Waals surface area contributed by atoms with Gasteiger partial charge in [0.15, 0.2) is 0 Å². The zero-order valence-corrected chi connectivity index (χ0v) is 15.0. The summed E-state index contributed by atoms with van der Waals surface area (Å²) in [5, 5.41) is 2.13. The van der Waals surface area contributed by atoms with Gasteiger partial charge in [-0.1, -0.05) is 12.1 Å². The molecule has 0 bridgehead atoms. The number of carbonyl (C=O) groups excluding carboxylic acids is 1. The Balaban J connectivity index is 1.67. The van der Waals surface area contributed by atoms with Gasteiger partial charge in [-0.3, -0.25) is 4.79 Å². The van der Waals surface area contributed by atoms with Crippen molar-refractivity contribution in [3.05, 3.63) is 46.2 Å². The summed E-state index contributed by atoms with van der Waals surface area (Å²) in [6, 6.07) is 9.74. The minimum absolute atomic E-state index is 0.00104. The molecule has 128 valence electrons. The standard InChI is InChI=1S/C19H23NO3S/c1-22-16-6-3-7-17(23-2)18(16)19(21)20-10-8-14(9-11-20)13-15-5-4-12-24-15/h3-7,12,14H,8-11,13H2,1-2H3. The molecule has 1 aromatic carbocycles. The van der Waals surface area contributed by atoms with Gasteiger partial charge in [0.2, 0.25) is 0 Å². The smallest absolute Gasteiger partial charge is 0.261 e. The maximum absolute atomic E-state index is 13.0. The van der Waals surface area contributed by atoms with Gasteiger partial charge in [0.05, 0.1) is 14.2 Å². The number of hydrogen-bond acceptors (Lipinski definition) is 4. The molecule has 1 amide bonds. The number of benzene rings is 1. The number of rotatable bonds is 5. The highest BCUT2D eigenvalue weighted by molar-refractivity contribution is 7.09. The van der Waals surface area contributed by atoms with Gasteiger partial charge >= 0.3 is 0 Å². The number of methoxy groups -OCH3 is 2. The van der Waals surface area contributed by atoms with Gasteiger partial charge in [0.1, 0.15) is 17.1 Å². The van der Waals surface area contributed by atoms with Crippen LogP contribution in [0.2, 0.25) is 0 Å². The zero-order chi connectivity index (χ0) is 16.9. The van der Waals surface area contributed by atoms with Crippen molar-refractivity contribution in [2.45, 2.75) is 19.3 Å². The minimum Gasteiger partial charge on any atom is -0.496 e. The third-order valence-corrected chi connectivity index (χ3v) is 5.51. The van der Waals surface area contributed by atoms with Gasteiger partial charge in [-0.05, 0) is 48.8 Å². The molecule has 24 heavy (non-hydrogen) atoms. The van der Waals surface area contributed by atoms with Crippen LogP contribution in [0.5, 0.6) is 11.5 Å². The predicted octanol–water partition coefficient (Wildman–Crippen LogP) is 3.86. The van der Waals surface area contributed by atoms with E-state index >= 15 is 0 Å². The second-order valence-electron chi connectivity index (χ2n) is 6.06. The Bertz CT molecular complexity index is 654. The summed E-state index contributed by atoms with van der Waals surface area (Å²) in [7, 11) is 3.16. The van der Waals surface area contributed by atoms with E-state index in [4.69, 9.17) is 9.47 Å². The van der Waals surface area contributed by atoms with Crippen molar-refractivity contribution in [1.82, 2.24) is 4.90 Å². The first-order valence-electron chi connectivity index (χ1n) is 8.25. The average Bonchev–Trinajstić information content (AvgIpc) is 3.14. The van der Waals surface area contributed by atoms with E-state index in [2.05, 4.69) is 17.5 Å². The van der Waals surface area contributed by atoms with Crippen LogP contribution in [0.25, 0.3) is 0 Å². The van der Waals surface area contributed by atoms with Gasteiger partial charge in [0.25, 0.3) is 5.91 Å². The molecule has 0 spiro atoms. The Morgan fingerprint density at radius 3 is 2.33 bits per heavy atom. The molecule has 1 aromatic heterocycles. The summed E-state index contributed by atoms with van der Waals surface area (Å²) in [5.41, 5.74) is 0.527. The molecule has 0 atom stereocenters. The largest absolute Gasteiger partial charge is 0.496 e. The number of thiophene rings is 1. The third-order valence-electron chi connectivity index (χ3n) is 4.61. The molecule has 5 heteroatoms. The molecule has 3 rings (SSSR count). The van der Waals surface area contributed by atoms with Crippen LogP contribution < -0.4 is 9.47 Å². The molecule has 4 nitrogen and oxygen atoms in total. The van der Waals surface area contributed by atoms with E-state index in [0.29, 0.717) is 23.0 Å². The highest BCUT2D eigenvalue weighted by atomic mass is 32.1. The summed E-state index contributed by atoms with van der Waals surface area (Å²) in [6.07, 6.45) is 3.21. The molecule has 0 unspecified atom stereocenters. The monoisotopic (exact) mass is 345 g/mol. The van der Waals surface area contributed by atoms with E-state index in [1.165, 1.54) is 4.88 Å². The zero-order valence-electron chi connectivity index (χ0n) is 14.2. The summed E-state index contributed by atoms with van der Waals surface area (Å²) >= 11 is 1.82. The lowest BCUT2D eigenvalue weighted by Crippen LogP contribution is -2.39. The van der Waals surface area contributed by atoms with Crippen LogP contribution in [-0.2, 0) is 6.42 Å². The Kier molecular flexibility index (Phi) is 5.41. The van der Waals surface area contributed by atoms with E-state index < -0.39 is 0 Å². The first kappa shape index (κ1) is 16.8. The first-order chi connectivity index (χ1) is 11.7. The molecule has 1 aliphatic rings. The topological polar surface area (TPSA) is 38.8 Å². The Morgan fingerprint density at radius 2 is 1.79 bits per heavy atom. The number of amides is 1. The highest BCUT2D eigenvalue weighted by Crippen LogP contribution is 2.31. The molecule has 2 heterocycles. The van der Waals surface area contributed by atoms with Crippen molar-refractivity contribution >= 4 is 17.2 Å². The third kappa shape index (κ3) is 3.56. The van der Waals surface area contributed by atoms with Crippen LogP contribution in [0.3, 0.4) is 0 Å². The maximum atomic E-state index is 13.0. The molecule has 0 radical (unpaired) electrons. The molecule has 0 saturated carbocycles. The lowest BCUT2D eigenvalue weighted by Gasteiger charge is -2.32. The van der Waals surface area contributed by atoms with E-state index in [9.17, 15) is 4.79 Å². The van der Waals surface area contributed by atoms with Gasteiger partial charge in [-0.15, -0.1) is 11.3 Å². The fourth-order valence-electron chi connectivity index (χ4n) is 3.27.